The molecule has 7 heteroatoms. The summed E-state index contributed by atoms with van der Waals surface area (Å²) in [6, 6.07) is 13.9. The number of likely N-dealkylation sites (tertiary alicyclic amines) is 1. The number of nitrogens with one attached hydrogen (secondary N) is 1. The predicted molar refractivity (Wildman–Crippen MR) is 112 cm³/mol. The van der Waals surface area contributed by atoms with E-state index in [1.54, 1.807) is 12.1 Å². The number of hydrogen-bond donors (Lipinski definition) is 2. The van der Waals surface area contributed by atoms with E-state index in [1.165, 1.54) is 12.1 Å². The summed E-state index contributed by atoms with van der Waals surface area (Å²) in [5, 5.41) is 13.9. The summed E-state index contributed by atoms with van der Waals surface area (Å²) in [6.45, 7) is 1.58. The average Bonchev–Trinajstić information content (AvgIpc) is 3.36. The van der Waals surface area contributed by atoms with Crippen LogP contribution in [0.15, 0.2) is 54.9 Å². The highest BCUT2D eigenvalue weighted by Gasteiger charge is 2.43. The monoisotopic (exact) mass is 408 g/mol. The molecule has 0 bridgehead atoms. The highest BCUT2D eigenvalue weighted by atomic mass is 19.1. The zero-order valence-corrected chi connectivity index (χ0v) is 16.6. The summed E-state index contributed by atoms with van der Waals surface area (Å²) in [7, 11) is 0. The molecule has 1 aromatic heterocycles. The van der Waals surface area contributed by atoms with Crippen LogP contribution >= 0.6 is 0 Å². The SMILES string of the molecule is O=C(CNc1ccc(F)cc1)N1C[C@H]2C[C@@H](n3cnc4ccccc43)[C@H](O)C[C@H]2C1. The summed E-state index contributed by atoms with van der Waals surface area (Å²) in [5.74, 6) is 0.428. The number of amides is 1. The maximum atomic E-state index is 13.0. The molecule has 0 radical (unpaired) electrons. The van der Waals surface area contributed by atoms with Crippen molar-refractivity contribution in [1.82, 2.24) is 14.5 Å². The largest absolute Gasteiger partial charge is 0.391 e. The van der Waals surface area contributed by atoms with Crippen molar-refractivity contribution in [1.29, 1.82) is 0 Å². The van der Waals surface area contributed by atoms with Gasteiger partial charge in [-0.3, -0.25) is 4.79 Å². The van der Waals surface area contributed by atoms with Gasteiger partial charge in [0.25, 0.3) is 0 Å². The number of aliphatic hydroxyl groups excluding tert-OH is 1. The van der Waals surface area contributed by atoms with Crippen LogP contribution in [-0.2, 0) is 4.79 Å². The Morgan fingerprint density at radius 1 is 1.10 bits per heavy atom. The number of anilines is 1. The molecular formula is C23H25FN4O2. The summed E-state index contributed by atoms with van der Waals surface area (Å²) in [5.41, 5.74) is 2.69. The lowest BCUT2D eigenvalue weighted by atomic mass is 9.77. The van der Waals surface area contributed by atoms with E-state index in [0.29, 0.717) is 31.3 Å². The first kappa shape index (κ1) is 19.1. The van der Waals surface area contributed by atoms with Crippen molar-refractivity contribution in [3.63, 3.8) is 0 Å². The van der Waals surface area contributed by atoms with Crippen LogP contribution in [0.4, 0.5) is 10.1 Å². The maximum absolute atomic E-state index is 13.0. The lowest BCUT2D eigenvalue weighted by molar-refractivity contribution is -0.128. The standard InChI is InChI=1S/C23H25FN4O2/c24-17-5-7-18(8-6-17)25-11-23(30)27-12-15-9-21(22(29)10-16(15)13-27)28-14-26-19-3-1-2-4-20(19)28/h1-8,14-16,21-22,25,29H,9-13H2/t15-,16+,21-,22-/m1/s1. The van der Waals surface area contributed by atoms with Crippen molar-refractivity contribution in [2.24, 2.45) is 11.8 Å². The van der Waals surface area contributed by atoms with E-state index < -0.39 is 6.10 Å². The number of nitrogens with zero attached hydrogens (tertiary/aromatic N) is 3. The number of halogens is 1. The van der Waals surface area contributed by atoms with Gasteiger partial charge in [0.1, 0.15) is 5.82 Å². The number of imidazole rings is 1. The molecule has 3 aromatic rings. The summed E-state index contributed by atoms with van der Waals surface area (Å²) in [4.78, 5) is 19.1. The first-order valence-electron chi connectivity index (χ1n) is 10.5. The van der Waals surface area contributed by atoms with E-state index >= 15 is 0 Å². The third kappa shape index (κ3) is 3.54. The molecule has 1 amide bonds. The minimum atomic E-state index is -0.448. The molecule has 2 aliphatic rings. The van der Waals surface area contributed by atoms with Crippen LogP contribution in [0.1, 0.15) is 18.9 Å². The molecule has 2 heterocycles. The molecule has 1 aliphatic carbocycles. The van der Waals surface area contributed by atoms with Crippen molar-refractivity contribution in [2.45, 2.75) is 25.0 Å². The van der Waals surface area contributed by atoms with Gasteiger partial charge in [-0.1, -0.05) is 12.1 Å². The molecule has 30 heavy (non-hydrogen) atoms. The Morgan fingerprint density at radius 2 is 1.83 bits per heavy atom. The van der Waals surface area contributed by atoms with E-state index in [9.17, 15) is 14.3 Å². The van der Waals surface area contributed by atoms with Crippen molar-refractivity contribution >= 4 is 22.6 Å². The fraction of sp³-hybridized carbons (Fsp3) is 0.391. The molecule has 156 valence electrons. The fourth-order valence-electron chi connectivity index (χ4n) is 5.01. The first-order valence-corrected chi connectivity index (χ1v) is 10.5. The number of rotatable bonds is 4. The normalized spacial score (nSPS) is 26.0. The van der Waals surface area contributed by atoms with Crippen LogP contribution in [0.5, 0.6) is 0 Å². The van der Waals surface area contributed by atoms with Gasteiger partial charge in [-0.05, 0) is 61.1 Å². The second kappa shape index (κ2) is 7.72. The van der Waals surface area contributed by atoms with Gasteiger partial charge in [-0.2, -0.15) is 0 Å². The molecule has 0 spiro atoms. The molecule has 2 N–H and O–H groups in total. The Bertz CT molecular complexity index is 1050. The van der Waals surface area contributed by atoms with Crippen LogP contribution in [-0.4, -0.2) is 51.2 Å². The molecular weight excluding hydrogens is 383 g/mol. The van der Waals surface area contributed by atoms with Crippen LogP contribution < -0.4 is 5.32 Å². The van der Waals surface area contributed by atoms with Crippen LogP contribution in [0.2, 0.25) is 0 Å². The topological polar surface area (TPSA) is 70.4 Å². The summed E-state index contributed by atoms with van der Waals surface area (Å²) >= 11 is 0. The molecule has 4 atom stereocenters. The van der Waals surface area contributed by atoms with Gasteiger partial charge in [-0.25, -0.2) is 9.37 Å². The molecule has 1 saturated heterocycles. The third-order valence-electron chi connectivity index (χ3n) is 6.59. The highest BCUT2D eigenvalue weighted by Crippen LogP contribution is 2.42. The van der Waals surface area contributed by atoms with E-state index in [4.69, 9.17) is 0 Å². The maximum Gasteiger partial charge on any atom is 0.241 e. The van der Waals surface area contributed by atoms with Gasteiger partial charge in [0.15, 0.2) is 0 Å². The van der Waals surface area contributed by atoms with Crippen LogP contribution in [0.3, 0.4) is 0 Å². The fourth-order valence-corrected chi connectivity index (χ4v) is 5.01. The lowest BCUT2D eigenvalue weighted by Gasteiger charge is -2.36. The second-order valence-corrected chi connectivity index (χ2v) is 8.43. The number of para-hydroxylation sites is 2. The number of benzene rings is 2. The summed E-state index contributed by atoms with van der Waals surface area (Å²) in [6.07, 6.45) is 2.90. The number of fused-ring (bicyclic) bond motifs is 2. The van der Waals surface area contributed by atoms with Gasteiger partial charge in [0.2, 0.25) is 5.91 Å². The molecule has 2 fully saturated rings. The lowest BCUT2D eigenvalue weighted by Crippen LogP contribution is -2.36. The molecule has 0 unspecified atom stereocenters. The Balaban J connectivity index is 1.24. The smallest absolute Gasteiger partial charge is 0.241 e. The number of aromatic nitrogens is 2. The molecule has 6 nitrogen and oxygen atoms in total. The third-order valence-corrected chi connectivity index (χ3v) is 6.59. The summed E-state index contributed by atoms with van der Waals surface area (Å²) < 4.78 is 15.1. The van der Waals surface area contributed by atoms with Gasteiger partial charge < -0.3 is 19.9 Å². The molecule has 1 saturated carbocycles. The quantitative estimate of drug-likeness (QED) is 0.696. The Morgan fingerprint density at radius 3 is 2.63 bits per heavy atom. The van der Waals surface area contributed by atoms with Crippen LogP contribution in [0, 0.1) is 17.7 Å². The number of carbonyl (C=O) groups excluding carboxylic acids is 1. The van der Waals surface area contributed by atoms with E-state index in [1.807, 2.05) is 35.5 Å². The van der Waals surface area contributed by atoms with E-state index in [2.05, 4.69) is 14.9 Å². The predicted octanol–water partition coefficient (Wildman–Crippen LogP) is 3.06. The van der Waals surface area contributed by atoms with Crippen molar-refractivity contribution in [3.8, 4) is 0 Å². The first-order chi connectivity index (χ1) is 14.6. The van der Waals surface area contributed by atoms with E-state index in [-0.39, 0.29) is 24.3 Å². The van der Waals surface area contributed by atoms with E-state index in [0.717, 1.165) is 23.1 Å². The van der Waals surface area contributed by atoms with Crippen molar-refractivity contribution in [2.75, 3.05) is 25.0 Å². The number of carbonyl (C=O) groups is 1. The zero-order chi connectivity index (χ0) is 20.7. The van der Waals surface area contributed by atoms with Gasteiger partial charge >= 0.3 is 0 Å². The number of aliphatic hydroxyl groups is 1. The molecule has 5 rings (SSSR count). The van der Waals surface area contributed by atoms with Crippen LogP contribution in [0.25, 0.3) is 11.0 Å². The number of hydrogen-bond acceptors (Lipinski definition) is 4. The van der Waals surface area contributed by atoms with Crippen molar-refractivity contribution < 1.29 is 14.3 Å². The van der Waals surface area contributed by atoms with Gasteiger partial charge in [-0.15, -0.1) is 0 Å². The minimum absolute atomic E-state index is 0.0222. The Labute approximate surface area is 174 Å². The van der Waals surface area contributed by atoms with Crippen molar-refractivity contribution in [3.05, 3.63) is 60.7 Å². The Hall–Kier alpha value is -2.93. The second-order valence-electron chi connectivity index (χ2n) is 8.43. The Kier molecular flexibility index (Phi) is 4.90. The minimum Gasteiger partial charge on any atom is -0.391 e. The highest BCUT2D eigenvalue weighted by molar-refractivity contribution is 5.81. The average molecular weight is 408 g/mol. The van der Waals surface area contributed by atoms with Gasteiger partial charge in [0, 0.05) is 18.8 Å². The molecule has 1 aliphatic heterocycles. The molecule has 2 aromatic carbocycles. The zero-order valence-electron chi connectivity index (χ0n) is 16.6. The van der Waals surface area contributed by atoms with Gasteiger partial charge in [0.05, 0.1) is 36.1 Å².